The van der Waals surface area contributed by atoms with E-state index in [1.807, 2.05) is 0 Å². The quantitative estimate of drug-likeness (QED) is 0.145. The van der Waals surface area contributed by atoms with Crippen LogP contribution in [0.2, 0.25) is 0 Å². The van der Waals surface area contributed by atoms with Gasteiger partial charge in [-0.3, -0.25) is 0 Å². The maximum Gasteiger partial charge on any atom is 0.184 e. The lowest BCUT2D eigenvalue weighted by atomic mass is 9.70. The van der Waals surface area contributed by atoms with E-state index < -0.39 is 0 Å². The molecule has 9 heterocycles. The molecule has 8 unspecified atom stereocenters. The average Bonchev–Trinajstić information content (AvgIpc) is 4.25. The van der Waals surface area contributed by atoms with E-state index in [1.165, 1.54) is 0 Å². The molecule has 8 aliphatic carbocycles. The molecule has 16 heteroatoms. The molecule has 0 amide bonds. The molecule has 2 N–H and O–H groups in total. The van der Waals surface area contributed by atoms with E-state index in [4.69, 9.17) is 69.8 Å². The Morgan fingerprint density at radius 3 is 0.847 bits per heavy atom. The number of nitrogens with one attached hydrogen (secondary N) is 2. The number of hydrogen-bond acceptors (Lipinski definition) is 14. The minimum Gasteiger partial charge on any atom is -0.321 e. The lowest BCUT2D eigenvalue weighted by Gasteiger charge is -2.34. The minimum atomic E-state index is -0.149. The molecule has 10 aliphatic rings. The Labute approximate surface area is 415 Å². The van der Waals surface area contributed by atoms with Crippen LogP contribution in [0.15, 0.2) is 0 Å². The molecule has 17 rings (SSSR count). The second kappa shape index (κ2) is 11.7. The van der Waals surface area contributed by atoms with Crippen molar-refractivity contribution in [3.63, 3.8) is 0 Å². The highest BCUT2D eigenvalue weighted by Crippen LogP contribution is 2.70. The molecule has 4 fully saturated rings. The first-order valence-electron chi connectivity index (χ1n) is 26.6. The molecule has 362 valence electrons. The Morgan fingerprint density at radius 1 is 0.292 bits per heavy atom. The third-order valence-corrected chi connectivity index (χ3v) is 23.5. The van der Waals surface area contributed by atoms with E-state index in [0.717, 1.165) is 96.9 Å². The van der Waals surface area contributed by atoms with E-state index in [0.29, 0.717) is 90.7 Å². The van der Waals surface area contributed by atoms with Gasteiger partial charge in [-0.25, -0.2) is 69.8 Å². The fraction of sp³-hybridized carbons (Fsp3) is 0.571. The number of aromatic nitrogens is 16. The third kappa shape index (κ3) is 4.14. The summed E-state index contributed by atoms with van der Waals surface area (Å²) in [6.07, 6.45) is 8.47. The van der Waals surface area contributed by atoms with Crippen LogP contribution in [0.5, 0.6) is 0 Å². The summed E-state index contributed by atoms with van der Waals surface area (Å²) in [5.74, 6) is 2.72. The van der Waals surface area contributed by atoms with Gasteiger partial charge in [0.05, 0.1) is 45.6 Å². The van der Waals surface area contributed by atoms with Gasteiger partial charge in [-0.15, -0.1) is 0 Å². The normalized spacial score (nSPS) is 32.9. The van der Waals surface area contributed by atoms with Crippen molar-refractivity contribution in [2.45, 2.75) is 180 Å². The lowest BCUT2D eigenvalue weighted by molar-refractivity contribution is 0.227. The number of aromatic amines is 2. The molecule has 0 aromatic carbocycles. The van der Waals surface area contributed by atoms with E-state index in [2.05, 4.69) is 93.1 Å². The Morgan fingerprint density at radius 2 is 0.542 bits per heavy atom. The molecule has 16 nitrogen and oxygen atoms in total. The van der Waals surface area contributed by atoms with Gasteiger partial charge in [0.1, 0.15) is 44.8 Å². The van der Waals surface area contributed by atoms with Crippen LogP contribution < -0.4 is 0 Å². The predicted octanol–water partition coefficient (Wildman–Crippen LogP) is 10.7. The standard InChI is InChI=1S/C56H58N16/c1-49(2)21-13-17-53(49,9)37-25(21)57-29-33(61-37)45-67-41(29)65-42-30-35(63-39-26(58-30)22-14-19-55(39,11)50(22,3)4)47(68-42)72-48-36-32(60-28-24-16-20-56(12,40(28)64-36)52(24,7)8)44(70-48)66-43-31-34(46(69-43)71-45)62-38-27(59-31)23-15-18-54(38,10)51(23,5)6/h21-24H,13-20H2,1-12H3,(H2,65,66,67,68,69,70,71,72). The molecule has 0 saturated heterocycles. The first-order chi connectivity index (χ1) is 34.1. The zero-order valence-corrected chi connectivity index (χ0v) is 43.2. The maximum absolute atomic E-state index is 5.58. The summed E-state index contributed by atoms with van der Waals surface area (Å²) in [5.41, 5.74) is 14.6. The van der Waals surface area contributed by atoms with Gasteiger partial charge in [0, 0.05) is 45.3 Å². The van der Waals surface area contributed by atoms with Crippen molar-refractivity contribution in [1.29, 1.82) is 0 Å². The topological polar surface area (TPSA) is 212 Å². The number of rotatable bonds is 0. The van der Waals surface area contributed by atoms with Crippen molar-refractivity contribution in [1.82, 2.24) is 79.7 Å². The molecule has 7 aromatic rings. The van der Waals surface area contributed by atoms with Crippen LogP contribution in [-0.2, 0) is 21.7 Å². The second-order valence-electron chi connectivity index (χ2n) is 26.8. The summed E-state index contributed by atoms with van der Waals surface area (Å²) in [4.78, 5) is 84.1. The summed E-state index contributed by atoms with van der Waals surface area (Å²) in [7, 11) is 0. The van der Waals surface area contributed by atoms with Gasteiger partial charge in [0.25, 0.3) is 0 Å². The lowest BCUT2D eigenvalue weighted by Crippen LogP contribution is -2.32. The van der Waals surface area contributed by atoms with Crippen LogP contribution in [0.3, 0.4) is 0 Å². The van der Waals surface area contributed by atoms with Crippen molar-refractivity contribution in [2.75, 3.05) is 0 Å². The zero-order chi connectivity index (χ0) is 49.1. The largest absolute Gasteiger partial charge is 0.321 e. The number of fused-ring (bicyclic) bond motifs is 40. The summed E-state index contributed by atoms with van der Waals surface area (Å²) in [6, 6.07) is 0. The van der Waals surface area contributed by atoms with Gasteiger partial charge < -0.3 is 9.97 Å². The van der Waals surface area contributed by atoms with Crippen LogP contribution in [0.25, 0.3) is 90.7 Å². The first-order valence-corrected chi connectivity index (χ1v) is 26.6. The Hall–Kier alpha value is -6.32. The van der Waals surface area contributed by atoms with E-state index in [1.54, 1.807) is 0 Å². The van der Waals surface area contributed by atoms with Crippen LogP contribution in [-0.4, -0.2) is 79.7 Å². The SMILES string of the molecule is CC12CCC(c3nc4c(nc31)-c1nc-4nc3[nH]c(nc4nc(nc5[nH]c(n1)c1nc6c(nc51)C1CCC6(C)C1(C)C)-c1nc5c(nc1-4)C1(C)CCC5C1(C)C)c1nc4c(nc31)C1CCC4(C)C1(C)C)C2(C)C. The van der Waals surface area contributed by atoms with Crippen molar-refractivity contribution in [3.8, 4) is 46.1 Å². The van der Waals surface area contributed by atoms with Crippen molar-refractivity contribution >= 4 is 44.7 Å². The number of hydrogen-bond donors (Lipinski definition) is 2. The van der Waals surface area contributed by atoms with E-state index in [-0.39, 0.29) is 67.0 Å². The molecular weight excluding hydrogens is 897 g/mol. The number of nitrogens with zero attached hydrogens (tertiary/aromatic N) is 14. The fourth-order valence-corrected chi connectivity index (χ4v) is 17.2. The second-order valence-corrected chi connectivity index (χ2v) is 26.8. The molecule has 7 aromatic heterocycles. The van der Waals surface area contributed by atoms with Gasteiger partial charge in [0.15, 0.2) is 45.9 Å². The zero-order valence-electron chi connectivity index (χ0n) is 43.2. The van der Waals surface area contributed by atoms with Crippen molar-refractivity contribution in [2.24, 2.45) is 21.7 Å². The molecule has 16 bridgehead atoms. The number of H-pyrrole nitrogens is 2. The maximum atomic E-state index is 5.58. The van der Waals surface area contributed by atoms with Crippen LogP contribution in [0.4, 0.5) is 0 Å². The minimum absolute atomic E-state index is 0.0173. The molecule has 72 heavy (non-hydrogen) atoms. The summed E-state index contributed by atoms with van der Waals surface area (Å²) >= 11 is 0. The highest BCUT2D eigenvalue weighted by atomic mass is 15.1. The van der Waals surface area contributed by atoms with Crippen LogP contribution >= 0.6 is 0 Å². The third-order valence-electron chi connectivity index (χ3n) is 23.5. The molecule has 4 saturated carbocycles. The smallest absolute Gasteiger partial charge is 0.184 e. The van der Waals surface area contributed by atoms with E-state index in [9.17, 15) is 0 Å². The van der Waals surface area contributed by atoms with Crippen LogP contribution in [0, 0.1) is 21.7 Å². The molecule has 0 radical (unpaired) electrons. The van der Waals surface area contributed by atoms with Gasteiger partial charge in [-0.2, -0.15) is 0 Å². The van der Waals surface area contributed by atoms with Gasteiger partial charge in [0.2, 0.25) is 0 Å². The van der Waals surface area contributed by atoms with Crippen molar-refractivity contribution in [3.05, 3.63) is 45.6 Å². The molecule has 8 atom stereocenters. The Bertz CT molecular complexity index is 3770. The fourth-order valence-electron chi connectivity index (χ4n) is 17.2. The molecule has 0 spiro atoms. The van der Waals surface area contributed by atoms with Crippen LogP contribution in [0.1, 0.15) is 204 Å². The monoisotopic (exact) mass is 955 g/mol. The van der Waals surface area contributed by atoms with Crippen molar-refractivity contribution < 1.29 is 0 Å². The Kier molecular flexibility index (Phi) is 6.70. The summed E-state index contributed by atoms with van der Waals surface area (Å²) in [5, 5.41) is 0. The first kappa shape index (κ1) is 41.2. The summed E-state index contributed by atoms with van der Waals surface area (Å²) < 4.78 is 0. The average molecular weight is 955 g/mol. The predicted molar refractivity (Wildman–Crippen MR) is 271 cm³/mol. The van der Waals surface area contributed by atoms with E-state index >= 15 is 0 Å². The highest BCUT2D eigenvalue weighted by Gasteiger charge is 2.65. The Balaban J connectivity index is 1.02. The summed E-state index contributed by atoms with van der Waals surface area (Å²) in [6.45, 7) is 28.4. The van der Waals surface area contributed by atoms with Gasteiger partial charge in [-0.1, -0.05) is 83.1 Å². The van der Waals surface area contributed by atoms with Gasteiger partial charge in [-0.05, 0) is 73.0 Å². The van der Waals surface area contributed by atoms with Gasteiger partial charge >= 0.3 is 0 Å². The molecular formula is C56H58N16. The molecule has 2 aliphatic heterocycles. The highest BCUT2D eigenvalue weighted by molar-refractivity contribution is 6.01.